The van der Waals surface area contributed by atoms with Crippen LogP contribution in [-0.4, -0.2) is 26.0 Å². The van der Waals surface area contributed by atoms with E-state index in [9.17, 15) is 9.59 Å². The number of hydrogen-bond acceptors (Lipinski definition) is 7. The van der Waals surface area contributed by atoms with Crippen molar-refractivity contribution in [2.24, 2.45) is 0 Å². The molecule has 170 valence electrons. The minimum atomic E-state index is -0.327. The summed E-state index contributed by atoms with van der Waals surface area (Å²) < 4.78 is 16.8. The molecule has 3 aromatic carbocycles. The lowest BCUT2D eigenvalue weighted by Crippen LogP contribution is -2.26. The first-order valence-corrected chi connectivity index (χ1v) is 11.1. The van der Waals surface area contributed by atoms with Crippen LogP contribution in [0.3, 0.4) is 0 Å². The van der Waals surface area contributed by atoms with Gasteiger partial charge in [-0.3, -0.25) is 9.59 Å². The van der Waals surface area contributed by atoms with E-state index in [4.69, 9.17) is 9.47 Å². The molecule has 0 spiro atoms. The van der Waals surface area contributed by atoms with Crippen molar-refractivity contribution in [1.82, 2.24) is 10.6 Å². The van der Waals surface area contributed by atoms with Crippen molar-refractivity contribution in [3.63, 3.8) is 0 Å². The number of ether oxygens (including phenoxy) is 2. The number of amides is 2. The topological polar surface area (TPSA) is 101 Å². The summed E-state index contributed by atoms with van der Waals surface area (Å²) in [6.45, 7) is 0.700. The third-order valence-corrected chi connectivity index (χ3v) is 5.82. The summed E-state index contributed by atoms with van der Waals surface area (Å²) >= 11 is 1.40. The fourth-order valence-corrected chi connectivity index (χ4v) is 3.96. The maximum absolute atomic E-state index is 12.8. The maximum Gasteiger partial charge on any atom is 0.255 e. The Morgan fingerprint density at radius 3 is 2.24 bits per heavy atom. The number of anilines is 2. The standard InChI is InChI=1S/C24H24N4O4S/c1-31-18-7-3-15(4-8-18)13-26-24(30)19-12-17(6-10-22(19)32-2)23(29)25-14-16-5-9-20-21(11-16)28-33-27-20/h3-12,27-28H,13-14H2,1-2H3,(H,25,29)(H,26,30). The van der Waals surface area contributed by atoms with Crippen molar-refractivity contribution in [3.8, 4) is 11.5 Å². The van der Waals surface area contributed by atoms with Gasteiger partial charge in [0.2, 0.25) is 0 Å². The van der Waals surface area contributed by atoms with Gasteiger partial charge in [0.05, 0.1) is 43.3 Å². The first kappa shape index (κ1) is 22.3. The smallest absolute Gasteiger partial charge is 0.255 e. The van der Waals surface area contributed by atoms with Crippen molar-refractivity contribution in [1.29, 1.82) is 0 Å². The molecule has 0 unspecified atom stereocenters. The molecule has 0 atom stereocenters. The van der Waals surface area contributed by atoms with Crippen LogP contribution < -0.4 is 29.6 Å². The molecule has 0 radical (unpaired) electrons. The maximum atomic E-state index is 12.8. The molecule has 1 aliphatic rings. The summed E-state index contributed by atoms with van der Waals surface area (Å²) in [5.74, 6) is 0.542. The van der Waals surface area contributed by atoms with E-state index < -0.39 is 0 Å². The molecule has 33 heavy (non-hydrogen) atoms. The van der Waals surface area contributed by atoms with Crippen LogP contribution in [0.2, 0.25) is 0 Å². The highest BCUT2D eigenvalue weighted by molar-refractivity contribution is 8.02. The predicted octanol–water partition coefficient (Wildman–Crippen LogP) is 3.96. The summed E-state index contributed by atoms with van der Waals surface area (Å²) in [6.07, 6.45) is 0. The Bertz CT molecular complexity index is 1170. The zero-order valence-corrected chi connectivity index (χ0v) is 19.0. The van der Waals surface area contributed by atoms with Gasteiger partial charge in [-0.1, -0.05) is 18.2 Å². The van der Waals surface area contributed by atoms with E-state index in [1.165, 1.54) is 19.2 Å². The van der Waals surface area contributed by atoms with Crippen molar-refractivity contribution in [2.75, 3.05) is 23.7 Å². The molecule has 2 amide bonds. The van der Waals surface area contributed by atoms with Crippen molar-refractivity contribution in [2.45, 2.75) is 13.1 Å². The normalized spacial score (nSPS) is 11.6. The summed E-state index contributed by atoms with van der Waals surface area (Å²) in [5.41, 5.74) is 4.55. The van der Waals surface area contributed by atoms with Gasteiger partial charge < -0.3 is 29.6 Å². The first-order chi connectivity index (χ1) is 16.1. The highest BCUT2D eigenvalue weighted by Crippen LogP contribution is 2.33. The average Bonchev–Trinajstić information content (AvgIpc) is 3.33. The van der Waals surface area contributed by atoms with Crippen molar-refractivity contribution < 1.29 is 19.1 Å². The third kappa shape index (κ3) is 5.32. The highest BCUT2D eigenvalue weighted by atomic mass is 32.2. The lowest BCUT2D eigenvalue weighted by Gasteiger charge is -2.12. The van der Waals surface area contributed by atoms with Crippen LogP contribution in [0.1, 0.15) is 31.8 Å². The van der Waals surface area contributed by atoms with Crippen LogP contribution in [0.4, 0.5) is 11.4 Å². The second-order valence-electron chi connectivity index (χ2n) is 7.31. The molecule has 0 aromatic heterocycles. The van der Waals surface area contributed by atoms with E-state index in [-0.39, 0.29) is 11.8 Å². The number of fused-ring (bicyclic) bond motifs is 1. The minimum absolute atomic E-state index is 0.275. The van der Waals surface area contributed by atoms with Crippen LogP contribution in [0.5, 0.6) is 11.5 Å². The molecule has 4 rings (SSSR count). The van der Waals surface area contributed by atoms with E-state index >= 15 is 0 Å². The molecule has 0 saturated carbocycles. The molecule has 9 heteroatoms. The van der Waals surface area contributed by atoms with Crippen LogP contribution >= 0.6 is 12.1 Å². The quantitative estimate of drug-likeness (QED) is 0.374. The molecule has 3 aromatic rings. The third-order valence-electron chi connectivity index (χ3n) is 5.18. The Labute approximate surface area is 196 Å². The molecule has 1 aliphatic heterocycles. The van der Waals surface area contributed by atoms with Crippen molar-refractivity contribution in [3.05, 3.63) is 82.9 Å². The summed E-state index contributed by atoms with van der Waals surface area (Å²) in [6, 6.07) is 18.1. The zero-order valence-electron chi connectivity index (χ0n) is 18.2. The van der Waals surface area contributed by atoms with Gasteiger partial charge in [0, 0.05) is 18.7 Å². The average molecular weight is 465 g/mol. The Morgan fingerprint density at radius 2 is 1.48 bits per heavy atom. The summed E-state index contributed by atoms with van der Waals surface area (Å²) in [7, 11) is 3.09. The molecule has 0 fully saturated rings. The Hall–Kier alpha value is -3.85. The first-order valence-electron chi connectivity index (χ1n) is 10.3. The zero-order chi connectivity index (χ0) is 23.2. The summed E-state index contributed by atoms with van der Waals surface area (Å²) in [4.78, 5) is 25.6. The van der Waals surface area contributed by atoms with Gasteiger partial charge >= 0.3 is 0 Å². The second kappa shape index (κ2) is 10.2. The van der Waals surface area contributed by atoms with Gasteiger partial charge in [-0.05, 0) is 53.6 Å². The van der Waals surface area contributed by atoms with Crippen LogP contribution in [0, 0.1) is 0 Å². The van der Waals surface area contributed by atoms with E-state index in [0.717, 1.165) is 28.3 Å². The molecular formula is C24H24N4O4S. The molecule has 0 aliphatic carbocycles. The van der Waals surface area contributed by atoms with Gasteiger partial charge in [0.1, 0.15) is 11.5 Å². The number of carbonyl (C=O) groups is 2. The van der Waals surface area contributed by atoms with Gasteiger partial charge in [-0.25, -0.2) is 0 Å². The molecule has 0 saturated heterocycles. The molecular weight excluding hydrogens is 440 g/mol. The fraction of sp³-hybridized carbons (Fsp3) is 0.167. The number of methoxy groups -OCH3 is 2. The van der Waals surface area contributed by atoms with Gasteiger partial charge in [-0.15, -0.1) is 0 Å². The molecule has 4 N–H and O–H groups in total. The number of benzene rings is 3. The minimum Gasteiger partial charge on any atom is -0.497 e. The second-order valence-corrected chi connectivity index (χ2v) is 7.93. The van der Waals surface area contributed by atoms with Gasteiger partial charge in [0.25, 0.3) is 11.8 Å². The van der Waals surface area contributed by atoms with E-state index in [1.54, 1.807) is 25.3 Å². The van der Waals surface area contributed by atoms with Gasteiger partial charge in [-0.2, -0.15) is 0 Å². The monoisotopic (exact) mass is 464 g/mol. The predicted molar refractivity (Wildman–Crippen MR) is 130 cm³/mol. The van der Waals surface area contributed by atoms with Crippen LogP contribution in [0.25, 0.3) is 0 Å². The highest BCUT2D eigenvalue weighted by Gasteiger charge is 2.16. The molecule has 8 nitrogen and oxygen atoms in total. The summed E-state index contributed by atoms with van der Waals surface area (Å²) in [5, 5.41) is 5.77. The van der Waals surface area contributed by atoms with E-state index in [1.807, 2.05) is 42.5 Å². The molecule has 0 bridgehead atoms. The van der Waals surface area contributed by atoms with Crippen molar-refractivity contribution >= 4 is 35.3 Å². The fourth-order valence-electron chi connectivity index (χ4n) is 3.34. The Kier molecular flexibility index (Phi) is 6.89. The van der Waals surface area contributed by atoms with Crippen LogP contribution in [-0.2, 0) is 13.1 Å². The number of carbonyl (C=O) groups excluding carboxylic acids is 2. The van der Waals surface area contributed by atoms with E-state index in [2.05, 4.69) is 20.1 Å². The lowest BCUT2D eigenvalue weighted by atomic mass is 10.1. The molecule has 1 heterocycles. The SMILES string of the molecule is COc1ccc(CNC(=O)c2cc(C(=O)NCc3ccc4c(c3)NSN4)ccc2OC)cc1. The van der Waals surface area contributed by atoms with Crippen LogP contribution in [0.15, 0.2) is 60.7 Å². The largest absolute Gasteiger partial charge is 0.497 e. The van der Waals surface area contributed by atoms with Gasteiger partial charge in [0.15, 0.2) is 0 Å². The Morgan fingerprint density at radius 1 is 0.788 bits per heavy atom. The number of rotatable bonds is 8. The number of nitrogens with one attached hydrogen (secondary N) is 4. The van der Waals surface area contributed by atoms with E-state index in [0.29, 0.717) is 30.0 Å². The Balaban J connectivity index is 1.41. The number of hydrogen-bond donors (Lipinski definition) is 4. The lowest BCUT2D eigenvalue weighted by molar-refractivity contribution is 0.0948.